The summed E-state index contributed by atoms with van der Waals surface area (Å²) in [5.74, 6) is -2.62. The highest BCUT2D eigenvalue weighted by molar-refractivity contribution is 5.92. The van der Waals surface area contributed by atoms with Gasteiger partial charge in [0.15, 0.2) is 0 Å². The van der Waals surface area contributed by atoms with Crippen LogP contribution >= 0.6 is 0 Å². The van der Waals surface area contributed by atoms with Gasteiger partial charge in [0.2, 0.25) is 0 Å². The van der Waals surface area contributed by atoms with Crippen LogP contribution in [0.1, 0.15) is 33.6 Å². The van der Waals surface area contributed by atoms with Crippen molar-refractivity contribution in [1.82, 2.24) is 0 Å². The quantitative estimate of drug-likeness (QED) is 0.586. The van der Waals surface area contributed by atoms with E-state index in [1.807, 2.05) is 0 Å². The second kappa shape index (κ2) is 6.39. The number of aromatic carboxylic acids is 1. The van der Waals surface area contributed by atoms with Crippen molar-refractivity contribution in [2.75, 3.05) is 6.61 Å². The second-order valence-corrected chi connectivity index (χ2v) is 3.52. The van der Waals surface area contributed by atoms with E-state index in [0.29, 0.717) is 0 Å². The van der Waals surface area contributed by atoms with E-state index in [1.54, 1.807) is 0 Å². The van der Waals surface area contributed by atoms with Crippen LogP contribution in [0.2, 0.25) is 0 Å². The maximum Gasteiger partial charge on any atom is 0.338 e. The second-order valence-electron chi connectivity index (χ2n) is 3.52. The maximum absolute atomic E-state index is 11.5. The fourth-order valence-electron chi connectivity index (χ4n) is 1.22. The van der Waals surface area contributed by atoms with Crippen molar-refractivity contribution in [3.05, 3.63) is 35.4 Å². The number of rotatable bonds is 6. The Kier molecular flexibility index (Phi) is 4.86. The largest absolute Gasteiger partial charge is 0.481 e. The molecule has 0 heterocycles. The normalized spacial score (nSPS) is 9.78. The number of carbonyl (C=O) groups is 3. The predicted molar refractivity (Wildman–Crippen MR) is 60.6 cm³/mol. The van der Waals surface area contributed by atoms with Crippen molar-refractivity contribution in [3.8, 4) is 0 Å². The minimum atomic E-state index is -1.07. The number of esters is 1. The topological polar surface area (TPSA) is 101 Å². The summed E-state index contributed by atoms with van der Waals surface area (Å²) >= 11 is 0. The minimum Gasteiger partial charge on any atom is -0.481 e. The molecule has 6 nitrogen and oxygen atoms in total. The molecule has 0 fully saturated rings. The zero-order valence-corrected chi connectivity index (χ0v) is 9.46. The molecule has 0 radical (unpaired) electrons. The van der Waals surface area contributed by atoms with Crippen LogP contribution in [0.3, 0.4) is 0 Å². The van der Waals surface area contributed by atoms with Crippen LogP contribution in [0.15, 0.2) is 24.3 Å². The first-order chi connectivity index (χ1) is 8.50. The molecule has 1 aromatic rings. The van der Waals surface area contributed by atoms with E-state index < -0.39 is 17.9 Å². The van der Waals surface area contributed by atoms with Crippen molar-refractivity contribution >= 4 is 17.9 Å². The highest BCUT2D eigenvalue weighted by atomic mass is 16.5. The molecule has 0 aliphatic carbocycles. The molecule has 0 saturated heterocycles. The number of carboxylic acids is 2. The highest BCUT2D eigenvalue weighted by Gasteiger charge is 2.09. The van der Waals surface area contributed by atoms with E-state index in [9.17, 15) is 14.4 Å². The smallest absolute Gasteiger partial charge is 0.338 e. The summed E-state index contributed by atoms with van der Waals surface area (Å²) in [6.45, 7) is 0.0197. The molecule has 0 unspecified atom stereocenters. The third-order valence-electron chi connectivity index (χ3n) is 2.14. The molecule has 1 rings (SSSR count). The predicted octanol–water partition coefficient (Wildman–Crippen LogP) is 1.41. The molecule has 0 atom stereocenters. The standard InChI is InChI=1S/C12H12O6/c13-10(14)2-1-7-18-12(17)9-5-3-8(4-6-9)11(15)16/h3-6H,1-2,7H2,(H,13,14)(H,15,16). The SMILES string of the molecule is O=C(O)CCCOC(=O)c1ccc(C(=O)O)cc1. The minimum absolute atomic E-state index is 0.0197. The molecule has 96 valence electrons. The number of benzene rings is 1. The summed E-state index contributed by atoms with van der Waals surface area (Å²) in [5.41, 5.74) is 0.313. The first kappa shape index (κ1) is 13.7. The lowest BCUT2D eigenvalue weighted by Crippen LogP contribution is -2.08. The van der Waals surface area contributed by atoms with E-state index in [2.05, 4.69) is 0 Å². The highest BCUT2D eigenvalue weighted by Crippen LogP contribution is 2.06. The molecule has 6 heteroatoms. The fraction of sp³-hybridized carbons (Fsp3) is 0.250. The summed E-state index contributed by atoms with van der Waals surface area (Å²) in [6, 6.07) is 5.30. The summed E-state index contributed by atoms with van der Waals surface area (Å²) < 4.78 is 4.83. The van der Waals surface area contributed by atoms with Gasteiger partial charge >= 0.3 is 17.9 Å². The lowest BCUT2D eigenvalue weighted by Gasteiger charge is -2.04. The molecular weight excluding hydrogens is 240 g/mol. The number of carboxylic acid groups (broad SMARTS) is 2. The molecule has 0 aliphatic rings. The van der Waals surface area contributed by atoms with Gasteiger partial charge in [0, 0.05) is 6.42 Å². The maximum atomic E-state index is 11.5. The van der Waals surface area contributed by atoms with Crippen molar-refractivity contribution in [2.45, 2.75) is 12.8 Å². The van der Waals surface area contributed by atoms with Crippen LogP contribution in [0.5, 0.6) is 0 Å². The molecule has 0 aromatic heterocycles. The van der Waals surface area contributed by atoms with E-state index >= 15 is 0 Å². The Morgan fingerprint density at radius 1 is 1.00 bits per heavy atom. The van der Waals surface area contributed by atoms with Crippen LogP contribution in [0.4, 0.5) is 0 Å². The van der Waals surface area contributed by atoms with Crippen molar-refractivity contribution in [1.29, 1.82) is 0 Å². The molecule has 1 aromatic carbocycles. The third-order valence-corrected chi connectivity index (χ3v) is 2.14. The summed E-state index contributed by atoms with van der Waals surface area (Å²) in [6.07, 6.45) is 0.180. The zero-order chi connectivity index (χ0) is 13.5. The number of aliphatic carboxylic acids is 1. The van der Waals surface area contributed by atoms with Gasteiger partial charge in [-0.25, -0.2) is 9.59 Å². The first-order valence-corrected chi connectivity index (χ1v) is 5.23. The number of ether oxygens (including phenoxy) is 1. The van der Waals surface area contributed by atoms with Gasteiger partial charge in [-0.2, -0.15) is 0 Å². The molecule has 0 bridgehead atoms. The number of hydrogen-bond donors (Lipinski definition) is 2. The molecule has 0 aliphatic heterocycles. The van der Waals surface area contributed by atoms with Crippen LogP contribution < -0.4 is 0 Å². The van der Waals surface area contributed by atoms with Gasteiger partial charge in [0.25, 0.3) is 0 Å². The lowest BCUT2D eigenvalue weighted by atomic mass is 10.1. The van der Waals surface area contributed by atoms with Gasteiger partial charge in [-0.1, -0.05) is 0 Å². The van der Waals surface area contributed by atoms with Gasteiger partial charge in [-0.3, -0.25) is 4.79 Å². The monoisotopic (exact) mass is 252 g/mol. The fourth-order valence-corrected chi connectivity index (χ4v) is 1.22. The Hall–Kier alpha value is -2.37. The lowest BCUT2D eigenvalue weighted by molar-refractivity contribution is -0.137. The molecule has 0 spiro atoms. The molecular formula is C12H12O6. The van der Waals surface area contributed by atoms with E-state index in [1.165, 1.54) is 24.3 Å². The molecule has 2 N–H and O–H groups in total. The van der Waals surface area contributed by atoms with Crippen LogP contribution in [-0.4, -0.2) is 34.7 Å². The molecule has 0 amide bonds. The first-order valence-electron chi connectivity index (χ1n) is 5.23. The zero-order valence-electron chi connectivity index (χ0n) is 9.46. The van der Waals surface area contributed by atoms with Crippen molar-refractivity contribution in [2.24, 2.45) is 0 Å². The van der Waals surface area contributed by atoms with Gasteiger partial charge in [-0.05, 0) is 30.7 Å². The average Bonchev–Trinajstić information content (AvgIpc) is 2.34. The van der Waals surface area contributed by atoms with E-state index in [0.717, 1.165) is 0 Å². The van der Waals surface area contributed by atoms with Crippen LogP contribution in [0, 0.1) is 0 Å². The Bertz CT molecular complexity index is 448. The van der Waals surface area contributed by atoms with Gasteiger partial charge in [0.05, 0.1) is 17.7 Å². The molecule has 0 saturated carbocycles. The van der Waals surface area contributed by atoms with Gasteiger partial charge < -0.3 is 14.9 Å². The van der Waals surface area contributed by atoms with Crippen LogP contribution in [-0.2, 0) is 9.53 Å². The third kappa shape index (κ3) is 4.25. The van der Waals surface area contributed by atoms with Crippen molar-refractivity contribution < 1.29 is 29.3 Å². The Morgan fingerprint density at radius 3 is 2.06 bits per heavy atom. The van der Waals surface area contributed by atoms with E-state index in [4.69, 9.17) is 14.9 Å². The Balaban J connectivity index is 2.46. The van der Waals surface area contributed by atoms with Crippen molar-refractivity contribution in [3.63, 3.8) is 0 Å². The van der Waals surface area contributed by atoms with Gasteiger partial charge in [0.1, 0.15) is 0 Å². The summed E-state index contributed by atoms with van der Waals surface area (Å²) in [7, 11) is 0. The Morgan fingerprint density at radius 2 is 1.56 bits per heavy atom. The summed E-state index contributed by atoms with van der Waals surface area (Å²) in [4.78, 5) is 32.3. The summed E-state index contributed by atoms with van der Waals surface area (Å²) in [5, 5.41) is 17.1. The van der Waals surface area contributed by atoms with Crippen LogP contribution in [0.25, 0.3) is 0 Å². The number of hydrogen-bond acceptors (Lipinski definition) is 4. The average molecular weight is 252 g/mol. The van der Waals surface area contributed by atoms with E-state index in [-0.39, 0.29) is 30.6 Å². The Labute approximate surface area is 103 Å². The number of carbonyl (C=O) groups excluding carboxylic acids is 1. The van der Waals surface area contributed by atoms with Gasteiger partial charge in [-0.15, -0.1) is 0 Å². The molecule has 18 heavy (non-hydrogen) atoms.